The van der Waals surface area contributed by atoms with Crippen LogP contribution in [0.25, 0.3) is 11.0 Å². The zero-order valence-corrected chi connectivity index (χ0v) is 33.3. The highest BCUT2D eigenvalue weighted by Gasteiger charge is 2.45. The summed E-state index contributed by atoms with van der Waals surface area (Å²) in [4.78, 5) is 91.5. The number of ether oxygens (including phenoxy) is 1. The molecule has 0 saturated carbocycles. The number of nitrogens with zero attached hydrogens (tertiary/aromatic N) is 7. The van der Waals surface area contributed by atoms with E-state index in [0.29, 0.717) is 56.3 Å². The van der Waals surface area contributed by atoms with Crippen LogP contribution in [-0.2, 0) is 39.2 Å². The highest BCUT2D eigenvalue weighted by atomic mass is 16.5. The van der Waals surface area contributed by atoms with Gasteiger partial charge >= 0.3 is 0 Å². The predicted octanol–water partition coefficient (Wildman–Crippen LogP) is 3.82. The van der Waals surface area contributed by atoms with E-state index in [1.807, 2.05) is 57.3 Å². The number of imide groups is 2. The van der Waals surface area contributed by atoms with E-state index in [9.17, 15) is 28.8 Å². The first-order valence-electron chi connectivity index (χ1n) is 19.9. The Morgan fingerprint density at radius 3 is 2.50 bits per heavy atom. The average Bonchev–Trinajstić information content (AvgIpc) is 3.92. The summed E-state index contributed by atoms with van der Waals surface area (Å²) in [5.74, 6) is -1.70. The summed E-state index contributed by atoms with van der Waals surface area (Å²) >= 11 is 0. The Morgan fingerprint density at radius 2 is 1.70 bits per heavy atom. The summed E-state index contributed by atoms with van der Waals surface area (Å²) in [7, 11) is 1.84. The molecule has 2 saturated heterocycles. The highest BCUT2D eigenvalue weighted by Crippen LogP contribution is 2.33. The Hall–Kier alpha value is -7.17. The SMILES string of the molecule is Cc1cccc(C)c1Nc1nn(C)c2nc(Nc3ccc4c(c3)CN(C(=O)[C@@H]3CCCN3C(=O)COc3ccc5c(c3)C(=O)N(C3CCC(=O)NC3=O)C5=O)CC4)ncc12. The molecule has 2 fully saturated rings. The van der Waals surface area contributed by atoms with Crippen LogP contribution in [0.4, 0.5) is 23.1 Å². The largest absolute Gasteiger partial charge is 0.484 e. The van der Waals surface area contributed by atoms with Crippen LogP contribution in [0.2, 0.25) is 0 Å². The van der Waals surface area contributed by atoms with Crippen molar-refractivity contribution in [3.05, 3.63) is 94.2 Å². The van der Waals surface area contributed by atoms with Gasteiger partial charge in [-0.05, 0) is 92.1 Å². The molecule has 3 N–H and O–H groups in total. The third-order valence-corrected chi connectivity index (χ3v) is 11.7. The van der Waals surface area contributed by atoms with Gasteiger partial charge in [-0.3, -0.25) is 39.0 Å². The van der Waals surface area contributed by atoms with Gasteiger partial charge in [0.25, 0.3) is 17.7 Å². The van der Waals surface area contributed by atoms with Crippen LogP contribution in [-0.4, -0.2) is 102 Å². The summed E-state index contributed by atoms with van der Waals surface area (Å²) in [6, 6.07) is 14.7. The Balaban J connectivity index is 0.829. The lowest BCUT2D eigenvalue weighted by atomic mass is 9.98. The lowest BCUT2D eigenvalue weighted by molar-refractivity contribution is -0.145. The zero-order valence-electron chi connectivity index (χ0n) is 33.3. The number of aromatic nitrogens is 4. The van der Waals surface area contributed by atoms with Crippen molar-refractivity contribution in [1.82, 2.24) is 39.8 Å². The number of para-hydroxylation sites is 1. The molecule has 17 nitrogen and oxygen atoms in total. The Labute approximate surface area is 344 Å². The minimum Gasteiger partial charge on any atom is -0.484 e. The summed E-state index contributed by atoms with van der Waals surface area (Å²) < 4.78 is 7.52. The number of piperidine rings is 1. The number of anilines is 4. The number of carbonyl (C=O) groups is 6. The maximum atomic E-state index is 14.0. The molecule has 4 aliphatic rings. The quantitative estimate of drug-likeness (QED) is 0.182. The fourth-order valence-electron chi connectivity index (χ4n) is 8.57. The monoisotopic (exact) mass is 810 g/mol. The highest BCUT2D eigenvalue weighted by molar-refractivity contribution is 6.23. The molecule has 2 atom stereocenters. The zero-order chi connectivity index (χ0) is 41.8. The molecule has 3 aromatic carbocycles. The van der Waals surface area contributed by atoms with Gasteiger partial charge in [0.05, 0.1) is 16.5 Å². The van der Waals surface area contributed by atoms with Crippen LogP contribution >= 0.6 is 0 Å². The van der Waals surface area contributed by atoms with E-state index in [0.717, 1.165) is 43.9 Å². The van der Waals surface area contributed by atoms with Crippen LogP contribution in [0.1, 0.15) is 68.7 Å². The van der Waals surface area contributed by atoms with Crippen molar-refractivity contribution in [2.75, 3.05) is 30.3 Å². The second kappa shape index (κ2) is 15.2. The normalized spacial score (nSPS) is 18.8. The summed E-state index contributed by atoms with van der Waals surface area (Å²) in [6.45, 7) is 5.02. The second-order valence-electron chi connectivity index (χ2n) is 15.6. The first-order valence-corrected chi connectivity index (χ1v) is 19.9. The van der Waals surface area contributed by atoms with E-state index in [1.165, 1.54) is 18.2 Å². The topological polar surface area (TPSA) is 201 Å². The summed E-state index contributed by atoms with van der Waals surface area (Å²) in [5, 5.41) is 14.4. The van der Waals surface area contributed by atoms with E-state index in [1.54, 1.807) is 20.7 Å². The number of benzene rings is 3. The van der Waals surface area contributed by atoms with E-state index >= 15 is 0 Å². The minimum atomic E-state index is -1.09. The van der Waals surface area contributed by atoms with Gasteiger partial charge in [0, 0.05) is 50.7 Å². The van der Waals surface area contributed by atoms with Gasteiger partial charge in [0.15, 0.2) is 18.1 Å². The van der Waals surface area contributed by atoms with Crippen LogP contribution in [0.15, 0.2) is 60.8 Å². The van der Waals surface area contributed by atoms with Crippen molar-refractivity contribution >= 4 is 69.6 Å². The Bertz CT molecular complexity index is 2640. The number of hydrogen-bond donors (Lipinski definition) is 3. The van der Waals surface area contributed by atoms with Gasteiger partial charge in [-0.2, -0.15) is 10.1 Å². The number of rotatable bonds is 9. The number of hydrogen-bond acceptors (Lipinski definition) is 12. The second-order valence-corrected chi connectivity index (χ2v) is 15.6. The smallest absolute Gasteiger partial charge is 0.262 e. The Kier molecular flexibility index (Phi) is 9.72. The Morgan fingerprint density at radius 1 is 0.900 bits per heavy atom. The van der Waals surface area contributed by atoms with Crippen LogP contribution in [0.5, 0.6) is 5.75 Å². The molecule has 0 aliphatic carbocycles. The van der Waals surface area contributed by atoms with Crippen LogP contribution in [0, 0.1) is 13.8 Å². The van der Waals surface area contributed by atoms with Gasteiger partial charge in [-0.25, -0.2) is 9.67 Å². The van der Waals surface area contributed by atoms with Crippen molar-refractivity contribution < 1.29 is 33.5 Å². The summed E-state index contributed by atoms with van der Waals surface area (Å²) in [6.07, 6.45) is 3.66. The number of carbonyl (C=O) groups excluding carboxylic acids is 6. The molecule has 4 aliphatic heterocycles. The minimum absolute atomic E-state index is 0.0140. The van der Waals surface area contributed by atoms with Gasteiger partial charge in [0.2, 0.25) is 23.7 Å². The predicted molar refractivity (Wildman–Crippen MR) is 218 cm³/mol. The van der Waals surface area contributed by atoms with Crippen molar-refractivity contribution in [2.45, 2.75) is 64.6 Å². The molecular formula is C43H42N10O7. The number of amides is 6. The molecule has 0 bridgehead atoms. The summed E-state index contributed by atoms with van der Waals surface area (Å²) in [5.41, 5.74) is 6.93. The van der Waals surface area contributed by atoms with Gasteiger partial charge < -0.3 is 25.2 Å². The molecule has 5 aromatic rings. The van der Waals surface area contributed by atoms with E-state index < -0.39 is 35.7 Å². The lowest BCUT2D eigenvalue weighted by Gasteiger charge is -2.34. The molecule has 2 aromatic heterocycles. The fourth-order valence-corrected chi connectivity index (χ4v) is 8.57. The number of nitrogens with one attached hydrogen (secondary N) is 3. The lowest BCUT2D eigenvalue weighted by Crippen LogP contribution is -2.54. The molecule has 0 radical (unpaired) electrons. The standard InChI is InChI=1S/C43H42N10O7/c1-23-6-4-7-24(2)36(23)47-37-31-20-44-43(48-38(31)50(3)49-37)45-27-10-9-25-15-17-51(21-26(25)18-27)42(59)33-8-5-16-52(33)35(55)22-60-28-11-12-29-30(19-28)41(58)53(40(29)57)32-13-14-34(54)46-39(32)56/h4,6-7,9-12,18-20,32-33H,5,8,13-17,21-22H2,1-3H3,(H,47,49)(H,44,45,48)(H,46,54,56)/t32?,33-/m0/s1. The van der Waals surface area contributed by atoms with Gasteiger partial charge in [-0.15, -0.1) is 0 Å². The van der Waals surface area contributed by atoms with E-state index in [2.05, 4.69) is 26.0 Å². The first-order chi connectivity index (χ1) is 28.9. The number of fused-ring (bicyclic) bond motifs is 3. The van der Waals surface area contributed by atoms with Gasteiger partial charge in [-0.1, -0.05) is 24.3 Å². The van der Waals surface area contributed by atoms with E-state index in [4.69, 9.17) is 9.72 Å². The third kappa shape index (κ3) is 6.94. The molecule has 17 heteroatoms. The third-order valence-electron chi connectivity index (χ3n) is 11.7. The maximum absolute atomic E-state index is 14.0. The molecular weight excluding hydrogens is 769 g/mol. The van der Waals surface area contributed by atoms with Crippen molar-refractivity contribution in [2.24, 2.45) is 7.05 Å². The van der Waals surface area contributed by atoms with Crippen molar-refractivity contribution in [3.8, 4) is 5.75 Å². The van der Waals surface area contributed by atoms with Gasteiger partial charge in [0.1, 0.15) is 17.8 Å². The molecule has 0 spiro atoms. The van der Waals surface area contributed by atoms with E-state index in [-0.39, 0.29) is 48.1 Å². The maximum Gasteiger partial charge on any atom is 0.262 e. The molecule has 9 rings (SSSR count). The van der Waals surface area contributed by atoms with Crippen LogP contribution in [0.3, 0.4) is 0 Å². The first kappa shape index (κ1) is 38.4. The van der Waals surface area contributed by atoms with Crippen molar-refractivity contribution in [3.63, 3.8) is 0 Å². The van der Waals surface area contributed by atoms with Crippen molar-refractivity contribution in [1.29, 1.82) is 0 Å². The molecule has 1 unspecified atom stereocenters. The number of likely N-dealkylation sites (tertiary alicyclic amines) is 1. The molecule has 6 heterocycles. The molecule has 60 heavy (non-hydrogen) atoms. The fraction of sp³-hybridized carbons (Fsp3) is 0.326. The average molecular weight is 811 g/mol. The molecule has 6 amide bonds. The number of aryl methyl sites for hydroxylation is 3. The van der Waals surface area contributed by atoms with Crippen LogP contribution < -0.4 is 20.7 Å². The molecule has 306 valence electrons.